The number of likely N-dealkylation sites (N-methyl/N-ethyl adjacent to an activating group) is 1. The Morgan fingerprint density at radius 2 is 2.09 bits per heavy atom. The van der Waals surface area contributed by atoms with Crippen LogP contribution in [0.15, 0.2) is 24.8 Å². The van der Waals surface area contributed by atoms with E-state index in [4.69, 9.17) is 0 Å². The Morgan fingerprint density at radius 1 is 1.36 bits per heavy atom. The van der Waals surface area contributed by atoms with Crippen molar-refractivity contribution in [1.29, 1.82) is 0 Å². The van der Waals surface area contributed by atoms with Gasteiger partial charge in [-0.2, -0.15) is 0 Å². The van der Waals surface area contributed by atoms with Crippen molar-refractivity contribution in [1.82, 2.24) is 10.2 Å². The van der Waals surface area contributed by atoms with Crippen LogP contribution < -0.4 is 5.32 Å². The van der Waals surface area contributed by atoms with E-state index in [0.29, 0.717) is 0 Å². The summed E-state index contributed by atoms with van der Waals surface area (Å²) in [6.07, 6.45) is 5.40. The van der Waals surface area contributed by atoms with E-state index in [-0.39, 0.29) is 30.7 Å². The maximum Gasteiger partial charge on any atom is 0.246 e. The van der Waals surface area contributed by atoms with Crippen LogP contribution >= 0.6 is 0 Å². The lowest BCUT2D eigenvalue weighted by Gasteiger charge is -2.21. The van der Waals surface area contributed by atoms with E-state index in [2.05, 4.69) is 11.9 Å². The van der Waals surface area contributed by atoms with Gasteiger partial charge in [-0.05, 0) is 49.0 Å². The highest BCUT2D eigenvalue weighted by Crippen LogP contribution is 2.30. The van der Waals surface area contributed by atoms with Crippen LogP contribution in [0.25, 0.3) is 0 Å². The number of rotatable bonds is 5. The van der Waals surface area contributed by atoms with E-state index in [1.807, 2.05) is 6.07 Å². The van der Waals surface area contributed by atoms with Gasteiger partial charge in [0.25, 0.3) is 0 Å². The second kappa shape index (κ2) is 7.11. The van der Waals surface area contributed by atoms with Crippen LogP contribution in [0.5, 0.6) is 5.75 Å². The first-order chi connectivity index (χ1) is 10.5. The first-order valence-electron chi connectivity index (χ1n) is 7.49. The first-order valence-corrected chi connectivity index (χ1v) is 7.49. The molecule has 2 rings (SSSR count). The van der Waals surface area contributed by atoms with Crippen LogP contribution in [0.4, 0.5) is 0 Å². The summed E-state index contributed by atoms with van der Waals surface area (Å²) >= 11 is 0. The Bertz CT molecular complexity index is 596. The number of phenols is 1. The number of hydrogen-bond donors (Lipinski definition) is 2. The number of amides is 2. The Morgan fingerprint density at radius 3 is 2.82 bits per heavy atom. The van der Waals surface area contributed by atoms with E-state index in [9.17, 15) is 14.7 Å². The Hall–Kier alpha value is -2.30. The monoisotopic (exact) mass is 302 g/mol. The van der Waals surface area contributed by atoms with Crippen molar-refractivity contribution in [3.8, 4) is 5.75 Å². The lowest BCUT2D eigenvalue weighted by molar-refractivity contribution is -0.131. The summed E-state index contributed by atoms with van der Waals surface area (Å²) < 4.78 is 0. The van der Waals surface area contributed by atoms with Gasteiger partial charge in [0.1, 0.15) is 5.75 Å². The van der Waals surface area contributed by atoms with Gasteiger partial charge in [-0.15, -0.1) is 0 Å². The predicted molar refractivity (Wildman–Crippen MR) is 84.4 cm³/mol. The zero-order valence-corrected chi connectivity index (χ0v) is 12.9. The van der Waals surface area contributed by atoms with E-state index in [0.717, 1.165) is 36.8 Å². The van der Waals surface area contributed by atoms with Gasteiger partial charge in [-0.3, -0.25) is 9.59 Å². The third-order valence-corrected chi connectivity index (χ3v) is 4.02. The Balaban J connectivity index is 2.01. The lowest BCUT2D eigenvalue weighted by atomic mass is 9.88. The third kappa shape index (κ3) is 3.67. The standard InChI is InChI=1S/C17H22N2O3/c1-3-17(22)19(2)11-16(21)18-10-14-13-7-5-4-6-12(13)8-9-15(14)20/h3,8-9,20H,1,4-7,10-11H2,2H3,(H,18,21). The molecule has 118 valence electrons. The number of carbonyl (C=O) groups is 2. The number of carbonyl (C=O) groups excluding carboxylic acids is 2. The maximum atomic E-state index is 11.9. The zero-order chi connectivity index (χ0) is 16.1. The molecule has 0 bridgehead atoms. The summed E-state index contributed by atoms with van der Waals surface area (Å²) in [5, 5.41) is 12.8. The fraction of sp³-hybridized carbons (Fsp3) is 0.412. The van der Waals surface area contributed by atoms with Crippen LogP contribution in [-0.4, -0.2) is 35.4 Å². The van der Waals surface area contributed by atoms with Crippen molar-refractivity contribution in [3.63, 3.8) is 0 Å². The van der Waals surface area contributed by atoms with Gasteiger partial charge in [-0.25, -0.2) is 0 Å². The molecule has 1 aromatic rings. The summed E-state index contributed by atoms with van der Waals surface area (Å²) in [6, 6.07) is 3.66. The summed E-state index contributed by atoms with van der Waals surface area (Å²) in [5.41, 5.74) is 3.21. The molecule has 22 heavy (non-hydrogen) atoms. The molecule has 0 unspecified atom stereocenters. The maximum absolute atomic E-state index is 11.9. The molecule has 0 saturated carbocycles. The largest absolute Gasteiger partial charge is 0.508 e. The molecule has 2 N–H and O–H groups in total. The molecule has 5 heteroatoms. The predicted octanol–water partition coefficient (Wildman–Crippen LogP) is 1.53. The highest BCUT2D eigenvalue weighted by molar-refractivity contribution is 5.90. The summed E-state index contributed by atoms with van der Waals surface area (Å²) in [6.45, 7) is 3.64. The molecular weight excluding hydrogens is 280 g/mol. The normalized spacial score (nSPS) is 13.1. The summed E-state index contributed by atoms with van der Waals surface area (Å²) in [7, 11) is 1.55. The number of nitrogens with zero attached hydrogens (tertiary/aromatic N) is 1. The van der Waals surface area contributed by atoms with E-state index in [1.165, 1.54) is 16.5 Å². The number of hydrogen-bond acceptors (Lipinski definition) is 3. The molecule has 1 aliphatic carbocycles. The molecular formula is C17H22N2O3. The quantitative estimate of drug-likeness (QED) is 0.811. The Labute approximate surface area is 130 Å². The van der Waals surface area contributed by atoms with Crippen molar-refractivity contribution in [2.75, 3.05) is 13.6 Å². The van der Waals surface area contributed by atoms with Crippen LogP contribution in [0.3, 0.4) is 0 Å². The molecule has 0 fully saturated rings. The molecule has 0 heterocycles. The molecule has 0 saturated heterocycles. The van der Waals surface area contributed by atoms with Crippen LogP contribution in [0.2, 0.25) is 0 Å². The van der Waals surface area contributed by atoms with Gasteiger partial charge in [0.15, 0.2) is 0 Å². The van der Waals surface area contributed by atoms with Gasteiger partial charge < -0.3 is 15.3 Å². The van der Waals surface area contributed by atoms with Gasteiger partial charge in [0.05, 0.1) is 6.54 Å². The minimum absolute atomic E-state index is 0.0271. The lowest BCUT2D eigenvalue weighted by Crippen LogP contribution is -2.37. The minimum atomic E-state index is -0.296. The highest BCUT2D eigenvalue weighted by atomic mass is 16.3. The number of benzene rings is 1. The van der Waals surface area contributed by atoms with Crippen molar-refractivity contribution in [2.24, 2.45) is 0 Å². The second-order valence-electron chi connectivity index (χ2n) is 5.58. The number of fused-ring (bicyclic) bond motifs is 1. The second-order valence-corrected chi connectivity index (χ2v) is 5.58. The molecule has 0 aromatic heterocycles. The topological polar surface area (TPSA) is 69.6 Å². The SMILES string of the molecule is C=CC(=O)N(C)CC(=O)NCc1c(O)ccc2c1CCCC2. The number of nitrogens with one attached hydrogen (secondary N) is 1. The molecule has 2 amide bonds. The highest BCUT2D eigenvalue weighted by Gasteiger charge is 2.17. The van der Waals surface area contributed by atoms with Crippen LogP contribution in [0.1, 0.15) is 29.5 Å². The fourth-order valence-electron chi connectivity index (χ4n) is 2.78. The first kappa shape index (κ1) is 16.1. The fourth-order valence-corrected chi connectivity index (χ4v) is 2.78. The minimum Gasteiger partial charge on any atom is -0.508 e. The Kier molecular flexibility index (Phi) is 5.20. The average Bonchev–Trinajstić information content (AvgIpc) is 2.53. The number of aromatic hydroxyl groups is 1. The zero-order valence-electron chi connectivity index (χ0n) is 12.9. The number of aryl methyl sites for hydroxylation is 1. The van der Waals surface area contributed by atoms with Gasteiger partial charge in [0, 0.05) is 19.2 Å². The molecule has 0 spiro atoms. The van der Waals surface area contributed by atoms with Crippen molar-refractivity contribution in [3.05, 3.63) is 41.5 Å². The molecule has 0 atom stereocenters. The molecule has 1 aromatic carbocycles. The molecule has 0 aliphatic heterocycles. The molecule has 1 aliphatic rings. The molecule has 0 radical (unpaired) electrons. The van der Waals surface area contributed by atoms with E-state index in [1.54, 1.807) is 13.1 Å². The van der Waals surface area contributed by atoms with Gasteiger partial charge in [-0.1, -0.05) is 12.6 Å². The van der Waals surface area contributed by atoms with Crippen LogP contribution in [-0.2, 0) is 29.0 Å². The summed E-state index contributed by atoms with van der Waals surface area (Å²) in [4.78, 5) is 24.6. The van der Waals surface area contributed by atoms with E-state index >= 15 is 0 Å². The smallest absolute Gasteiger partial charge is 0.246 e. The van der Waals surface area contributed by atoms with Crippen molar-refractivity contribution in [2.45, 2.75) is 32.2 Å². The van der Waals surface area contributed by atoms with Crippen LogP contribution in [0, 0.1) is 0 Å². The number of phenolic OH excluding ortho intramolecular Hbond substituents is 1. The summed E-state index contributed by atoms with van der Waals surface area (Å²) in [5.74, 6) is -0.336. The van der Waals surface area contributed by atoms with Crippen molar-refractivity contribution < 1.29 is 14.7 Å². The average molecular weight is 302 g/mol. The molecule has 5 nitrogen and oxygen atoms in total. The van der Waals surface area contributed by atoms with E-state index < -0.39 is 0 Å². The third-order valence-electron chi connectivity index (χ3n) is 4.02. The van der Waals surface area contributed by atoms with Gasteiger partial charge >= 0.3 is 0 Å². The van der Waals surface area contributed by atoms with Crippen molar-refractivity contribution >= 4 is 11.8 Å². The van der Waals surface area contributed by atoms with Gasteiger partial charge in [0.2, 0.25) is 11.8 Å².